The van der Waals surface area contributed by atoms with E-state index in [9.17, 15) is 18.0 Å². The monoisotopic (exact) mass is 258 g/mol. The molecule has 1 rings (SSSR count). The number of amides is 1. The lowest BCUT2D eigenvalue weighted by Crippen LogP contribution is -2.16. The fourth-order valence-electron chi connectivity index (χ4n) is 1.08. The smallest absolute Gasteiger partial charge is 0.319 e. The van der Waals surface area contributed by atoms with Crippen molar-refractivity contribution < 1.29 is 23.1 Å². The van der Waals surface area contributed by atoms with Crippen molar-refractivity contribution in [1.82, 2.24) is 4.98 Å². The molecule has 0 aliphatic carbocycles. The van der Waals surface area contributed by atoms with Crippen LogP contribution in [0.2, 0.25) is 0 Å². The van der Waals surface area contributed by atoms with Crippen LogP contribution < -0.4 is 5.32 Å². The minimum absolute atomic E-state index is 0.312. The number of aliphatic carboxylic acids is 1. The van der Waals surface area contributed by atoms with Crippen LogP contribution in [0.25, 0.3) is 0 Å². The molecule has 0 radical (unpaired) electrons. The summed E-state index contributed by atoms with van der Waals surface area (Å²) >= 11 is 0. The predicted octanol–water partition coefficient (Wildman–Crippen LogP) is -0.102. The zero-order chi connectivity index (χ0) is 13.1. The fraction of sp³-hybridized carbons (Fsp3) is 0.222. The van der Waals surface area contributed by atoms with Crippen LogP contribution in [0, 0.1) is 0 Å². The summed E-state index contributed by atoms with van der Waals surface area (Å²) in [5.74, 6) is -2.77. The number of hydrogen-bond acceptors (Lipinski definition) is 5. The van der Waals surface area contributed by atoms with Crippen molar-refractivity contribution >= 4 is 27.4 Å². The maximum Gasteiger partial charge on any atom is 0.319 e. The Balaban J connectivity index is 2.94. The quantitative estimate of drug-likeness (QED) is 0.779. The topological polar surface area (TPSA) is 113 Å². The lowest BCUT2D eigenvalue weighted by Gasteiger charge is -2.03. The van der Waals surface area contributed by atoms with Crippen LogP contribution in [0.15, 0.2) is 23.4 Å². The van der Waals surface area contributed by atoms with Crippen LogP contribution in [0.3, 0.4) is 0 Å². The zero-order valence-corrected chi connectivity index (χ0v) is 9.69. The third-order valence-electron chi connectivity index (χ3n) is 1.69. The molecule has 0 saturated heterocycles. The Kier molecular flexibility index (Phi) is 3.79. The van der Waals surface area contributed by atoms with E-state index < -0.39 is 21.6 Å². The second-order valence-electron chi connectivity index (χ2n) is 3.22. The molecule has 0 aliphatic rings. The first kappa shape index (κ1) is 13.1. The van der Waals surface area contributed by atoms with E-state index in [4.69, 9.17) is 5.11 Å². The second kappa shape index (κ2) is 4.91. The van der Waals surface area contributed by atoms with Gasteiger partial charge in [-0.3, -0.25) is 9.59 Å². The first-order valence-corrected chi connectivity index (χ1v) is 6.14. The Morgan fingerprint density at radius 3 is 2.47 bits per heavy atom. The molecule has 1 heterocycles. The lowest BCUT2D eigenvalue weighted by molar-refractivity contribution is -0.134. The highest BCUT2D eigenvalue weighted by atomic mass is 32.2. The van der Waals surface area contributed by atoms with Gasteiger partial charge in [0.25, 0.3) is 0 Å². The maximum atomic E-state index is 11.4. The summed E-state index contributed by atoms with van der Waals surface area (Å²) in [6, 6.07) is 2.48. The van der Waals surface area contributed by atoms with Crippen LogP contribution in [0.1, 0.15) is 6.92 Å². The number of carboxylic acids is 1. The minimum atomic E-state index is -3.93. The first-order chi connectivity index (χ1) is 7.81. The van der Waals surface area contributed by atoms with E-state index in [1.807, 2.05) is 0 Å². The molecule has 0 spiro atoms. The molecule has 7 nitrogen and oxygen atoms in total. The van der Waals surface area contributed by atoms with Gasteiger partial charge in [-0.25, -0.2) is 13.4 Å². The van der Waals surface area contributed by atoms with Crippen molar-refractivity contribution in [1.29, 1.82) is 0 Å². The van der Waals surface area contributed by atoms with E-state index in [-0.39, 0.29) is 10.9 Å². The zero-order valence-electron chi connectivity index (χ0n) is 8.87. The molecule has 92 valence electrons. The van der Waals surface area contributed by atoms with Crippen molar-refractivity contribution in [2.45, 2.75) is 11.9 Å². The summed E-state index contributed by atoms with van der Waals surface area (Å²) in [5.41, 5.74) is 0.340. The van der Waals surface area contributed by atoms with Crippen molar-refractivity contribution in [2.75, 3.05) is 11.1 Å². The number of sulfone groups is 1. The van der Waals surface area contributed by atoms with Gasteiger partial charge in [-0.2, -0.15) is 0 Å². The van der Waals surface area contributed by atoms with Gasteiger partial charge < -0.3 is 10.4 Å². The molecule has 0 aromatic carbocycles. The predicted molar refractivity (Wildman–Crippen MR) is 58.2 cm³/mol. The van der Waals surface area contributed by atoms with E-state index >= 15 is 0 Å². The van der Waals surface area contributed by atoms with Gasteiger partial charge in [-0.05, 0) is 12.1 Å². The summed E-state index contributed by atoms with van der Waals surface area (Å²) in [7, 11) is -3.93. The van der Waals surface area contributed by atoms with Crippen molar-refractivity contribution in [2.24, 2.45) is 0 Å². The molecule has 0 saturated carbocycles. The number of carbonyl (C=O) groups is 2. The number of carbonyl (C=O) groups excluding carboxylic acids is 1. The molecule has 1 amide bonds. The third kappa shape index (κ3) is 3.83. The summed E-state index contributed by atoms with van der Waals surface area (Å²) < 4.78 is 22.9. The summed E-state index contributed by atoms with van der Waals surface area (Å²) in [6.07, 6.45) is 1.15. The Bertz CT molecular complexity index is 535. The van der Waals surface area contributed by atoms with Crippen LogP contribution in [0.5, 0.6) is 0 Å². The normalized spacial score (nSPS) is 10.9. The number of carboxylic acid groups (broad SMARTS) is 1. The Hall–Kier alpha value is -1.96. The standard InChI is InChI=1S/C9H10N2O5S/c1-6(12)11-7-2-3-8(10-4-7)17(15,16)5-9(13)14/h2-4H,5H2,1H3,(H,11,12)(H,13,14). The van der Waals surface area contributed by atoms with Gasteiger partial charge in [-0.1, -0.05) is 0 Å². The van der Waals surface area contributed by atoms with E-state index in [2.05, 4.69) is 10.3 Å². The highest BCUT2D eigenvalue weighted by molar-refractivity contribution is 7.92. The molecule has 17 heavy (non-hydrogen) atoms. The van der Waals surface area contributed by atoms with Crippen molar-refractivity contribution in [3.63, 3.8) is 0 Å². The summed E-state index contributed by atoms with van der Waals surface area (Å²) in [5, 5.41) is 10.5. The molecule has 2 N–H and O–H groups in total. The van der Waals surface area contributed by atoms with Crippen molar-refractivity contribution in [3.8, 4) is 0 Å². The number of anilines is 1. The highest BCUT2D eigenvalue weighted by Crippen LogP contribution is 2.11. The second-order valence-corrected chi connectivity index (χ2v) is 5.16. The molecule has 8 heteroatoms. The van der Waals surface area contributed by atoms with E-state index in [0.717, 1.165) is 12.3 Å². The summed E-state index contributed by atoms with van der Waals surface area (Å²) in [6.45, 7) is 1.30. The SMILES string of the molecule is CC(=O)Nc1ccc(S(=O)(=O)CC(=O)O)nc1. The maximum absolute atomic E-state index is 11.4. The van der Waals surface area contributed by atoms with Gasteiger partial charge in [-0.15, -0.1) is 0 Å². The van der Waals surface area contributed by atoms with Crippen LogP contribution in [-0.2, 0) is 19.4 Å². The number of hydrogen-bond donors (Lipinski definition) is 2. The van der Waals surface area contributed by atoms with Crippen molar-refractivity contribution in [3.05, 3.63) is 18.3 Å². The average molecular weight is 258 g/mol. The number of aromatic nitrogens is 1. The van der Waals surface area contributed by atoms with E-state index in [1.54, 1.807) is 0 Å². The summed E-state index contributed by atoms with van der Waals surface area (Å²) in [4.78, 5) is 24.6. The van der Waals surface area contributed by atoms with E-state index in [1.165, 1.54) is 13.0 Å². The molecule has 0 atom stereocenters. The fourth-order valence-corrected chi connectivity index (χ4v) is 2.04. The largest absolute Gasteiger partial charge is 0.480 e. The molecule has 0 fully saturated rings. The number of rotatable bonds is 4. The van der Waals surface area contributed by atoms with Gasteiger partial charge in [0.15, 0.2) is 10.8 Å². The minimum Gasteiger partial charge on any atom is -0.480 e. The molecule has 0 unspecified atom stereocenters. The third-order valence-corrected chi connectivity index (χ3v) is 3.19. The van der Waals surface area contributed by atoms with Gasteiger partial charge in [0.1, 0.15) is 0 Å². The van der Waals surface area contributed by atoms with E-state index in [0.29, 0.717) is 5.69 Å². The Labute approximate surface area is 97.4 Å². The molecule has 0 aliphatic heterocycles. The molecule has 0 bridgehead atoms. The Morgan fingerprint density at radius 1 is 1.41 bits per heavy atom. The van der Waals surface area contributed by atoms with Gasteiger partial charge in [0.2, 0.25) is 15.7 Å². The first-order valence-electron chi connectivity index (χ1n) is 4.49. The molecular formula is C9H10N2O5S. The molecule has 1 aromatic rings. The number of nitrogens with zero attached hydrogens (tertiary/aromatic N) is 1. The van der Waals surface area contributed by atoms with Crippen LogP contribution in [0.4, 0.5) is 5.69 Å². The van der Waals surface area contributed by atoms with Gasteiger partial charge >= 0.3 is 5.97 Å². The van der Waals surface area contributed by atoms with Gasteiger partial charge in [0, 0.05) is 6.92 Å². The molecule has 1 aromatic heterocycles. The molecular weight excluding hydrogens is 248 g/mol. The van der Waals surface area contributed by atoms with Crippen LogP contribution in [-0.4, -0.2) is 36.1 Å². The van der Waals surface area contributed by atoms with Gasteiger partial charge in [0.05, 0.1) is 11.9 Å². The number of nitrogens with one attached hydrogen (secondary N) is 1. The Morgan fingerprint density at radius 2 is 2.06 bits per heavy atom. The number of pyridine rings is 1. The lowest BCUT2D eigenvalue weighted by atomic mass is 10.4. The highest BCUT2D eigenvalue weighted by Gasteiger charge is 2.19. The van der Waals surface area contributed by atoms with Crippen LogP contribution >= 0.6 is 0 Å². The average Bonchev–Trinajstić information content (AvgIpc) is 2.15.